The van der Waals surface area contributed by atoms with E-state index in [0.717, 1.165) is 55.8 Å². The Hall–Kier alpha value is -2.22. The quantitative estimate of drug-likeness (QED) is 0.382. The number of anilines is 1. The Morgan fingerprint density at radius 3 is 2.73 bits per heavy atom. The molecule has 2 N–H and O–H groups in total. The maximum absolute atomic E-state index is 4.82. The molecule has 0 spiro atoms. The number of piperidine rings is 1. The molecule has 0 saturated carbocycles. The zero-order valence-corrected chi connectivity index (χ0v) is 19.5. The summed E-state index contributed by atoms with van der Waals surface area (Å²) < 4.78 is 1.99. The maximum Gasteiger partial charge on any atom is 0.191 e. The van der Waals surface area contributed by atoms with Crippen LogP contribution in [0.3, 0.4) is 0 Å². The van der Waals surface area contributed by atoms with Crippen molar-refractivity contribution in [3.63, 3.8) is 0 Å². The first-order valence-corrected chi connectivity index (χ1v) is 12.2. The van der Waals surface area contributed by atoms with Crippen LogP contribution in [0.15, 0.2) is 29.3 Å². The zero-order chi connectivity index (χ0) is 21.3. The summed E-state index contributed by atoms with van der Waals surface area (Å²) in [6, 6.07) is 9.20. The smallest absolute Gasteiger partial charge is 0.191 e. The van der Waals surface area contributed by atoms with Crippen LogP contribution in [0.5, 0.6) is 0 Å². The van der Waals surface area contributed by atoms with Gasteiger partial charge in [-0.3, -0.25) is 0 Å². The number of guanidine groups is 1. The molecular weight excluding hydrogens is 394 g/mol. The number of hydrogen-bond donors (Lipinski definition) is 2. The van der Waals surface area contributed by atoms with Crippen molar-refractivity contribution >= 4 is 23.4 Å². The van der Waals surface area contributed by atoms with Crippen molar-refractivity contribution in [2.24, 2.45) is 12.0 Å². The molecule has 2 heterocycles. The van der Waals surface area contributed by atoms with Crippen LogP contribution in [0.4, 0.5) is 5.69 Å². The third-order valence-electron chi connectivity index (χ3n) is 5.54. The average Bonchev–Trinajstić information content (AvgIpc) is 3.07. The van der Waals surface area contributed by atoms with Gasteiger partial charge in [-0.25, -0.2) is 4.99 Å². The minimum atomic E-state index is 0.369. The standard InChI is InChI=1S/C22H35N7S/c1-17-8-10-20(11-9-17)29-13-5-7-19(16-29)25-22(23-12-6-14-30-4)24-15-21-27-26-18(2)28(21)3/h8-11,19H,5-7,12-16H2,1-4H3,(H2,23,24,25). The third-order valence-corrected chi connectivity index (χ3v) is 6.24. The number of nitrogens with one attached hydrogen (secondary N) is 2. The van der Waals surface area contributed by atoms with Crippen LogP contribution in [0, 0.1) is 13.8 Å². The minimum Gasteiger partial charge on any atom is -0.369 e. The van der Waals surface area contributed by atoms with Crippen LogP contribution in [0.1, 0.15) is 36.5 Å². The van der Waals surface area contributed by atoms with Gasteiger partial charge in [0.25, 0.3) is 0 Å². The molecule has 1 fully saturated rings. The first-order chi connectivity index (χ1) is 14.6. The fourth-order valence-corrected chi connectivity index (χ4v) is 4.03. The second-order valence-electron chi connectivity index (χ2n) is 7.93. The van der Waals surface area contributed by atoms with Crippen LogP contribution in [-0.2, 0) is 13.6 Å². The summed E-state index contributed by atoms with van der Waals surface area (Å²) in [5.41, 5.74) is 2.60. The van der Waals surface area contributed by atoms with E-state index in [0.29, 0.717) is 12.6 Å². The molecule has 1 aliphatic heterocycles. The Balaban J connectivity index is 1.63. The molecule has 0 amide bonds. The fourth-order valence-electron chi connectivity index (χ4n) is 3.59. The van der Waals surface area contributed by atoms with E-state index in [1.54, 1.807) is 0 Å². The lowest BCUT2D eigenvalue weighted by Gasteiger charge is -2.35. The van der Waals surface area contributed by atoms with Crippen molar-refractivity contribution in [3.05, 3.63) is 41.5 Å². The second kappa shape index (κ2) is 11.2. The molecule has 1 unspecified atom stereocenters. The van der Waals surface area contributed by atoms with E-state index in [1.807, 2.05) is 30.3 Å². The molecule has 1 aliphatic rings. The molecule has 164 valence electrons. The molecule has 0 radical (unpaired) electrons. The van der Waals surface area contributed by atoms with Crippen molar-refractivity contribution in [1.82, 2.24) is 25.4 Å². The van der Waals surface area contributed by atoms with Crippen LogP contribution >= 0.6 is 11.8 Å². The normalized spacial score (nSPS) is 17.3. The summed E-state index contributed by atoms with van der Waals surface area (Å²) in [5.74, 6) is 3.80. The molecule has 1 atom stereocenters. The zero-order valence-electron chi connectivity index (χ0n) is 18.7. The van der Waals surface area contributed by atoms with E-state index in [4.69, 9.17) is 4.99 Å². The Morgan fingerprint density at radius 2 is 2.03 bits per heavy atom. The molecule has 2 aromatic rings. The van der Waals surface area contributed by atoms with E-state index in [2.05, 4.69) is 63.2 Å². The number of hydrogen-bond acceptors (Lipinski definition) is 5. The van der Waals surface area contributed by atoms with Crippen LogP contribution in [0.25, 0.3) is 0 Å². The average molecular weight is 430 g/mol. The summed E-state index contributed by atoms with van der Waals surface area (Å²) in [4.78, 5) is 7.29. The molecular formula is C22H35N7S. The third kappa shape index (κ3) is 6.39. The van der Waals surface area contributed by atoms with Gasteiger partial charge in [0.05, 0.1) is 0 Å². The monoisotopic (exact) mass is 429 g/mol. The van der Waals surface area contributed by atoms with Crippen molar-refractivity contribution in [2.75, 3.05) is 36.5 Å². The number of aromatic nitrogens is 3. The van der Waals surface area contributed by atoms with Gasteiger partial charge in [0, 0.05) is 38.4 Å². The summed E-state index contributed by atoms with van der Waals surface area (Å²) in [5, 5.41) is 15.6. The largest absolute Gasteiger partial charge is 0.369 e. The van der Waals surface area contributed by atoms with Gasteiger partial charge in [-0.05, 0) is 57.3 Å². The van der Waals surface area contributed by atoms with Crippen molar-refractivity contribution in [3.8, 4) is 0 Å². The first kappa shape index (κ1) is 22.5. The van der Waals surface area contributed by atoms with E-state index >= 15 is 0 Å². The predicted molar refractivity (Wildman–Crippen MR) is 127 cm³/mol. The van der Waals surface area contributed by atoms with E-state index in [1.165, 1.54) is 17.7 Å². The van der Waals surface area contributed by atoms with Gasteiger partial charge >= 0.3 is 0 Å². The molecule has 7 nitrogen and oxygen atoms in total. The van der Waals surface area contributed by atoms with Gasteiger partial charge < -0.3 is 20.1 Å². The Morgan fingerprint density at radius 1 is 1.23 bits per heavy atom. The van der Waals surface area contributed by atoms with Gasteiger partial charge in [0.1, 0.15) is 12.4 Å². The van der Waals surface area contributed by atoms with Crippen molar-refractivity contribution < 1.29 is 0 Å². The van der Waals surface area contributed by atoms with E-state index in [9.17, 15) is 0 Å². The van der Waals surface area contributed by atoms with Gasteiger partial charge in [0.15, 0.2) is 11.8 Å². The lowest BCUT2D eigenvalue weighted by molar-refractivity contribution is 0.467. The van der Waals surface area contributed by atoms with Gasteiger partial charge in [0.2, 0.25) is 0 Å². The van der Waals surface area contributed by atoms with E-state index in [-0.39, 0.29) is 0 Å². The lowest BCUT2D eigenvalue weighted by atomic mass is 10.0. The summed E-state index contributed by atoms with van der Waals surface area (Å²) in [6.45, 7) is 7.61. The Bertz CT molecular complexity index is 815. The number of rotatable bonds is 8. The number of benzene rings is 1. The first-order valence-electron chi connectivity index (χ1n) is 10.8. The number of thioether (sulfide) groups is 1. The highest BCUT2D eigenvalue weighted by atomic mass is 32.2. The maximum atomic E-state index is 4.82. The molecule has 0 bridgehead atoms. The van der Waals surface area contributed by atoms with Crippen LogP contribution < -0.4 is 15.5 Å². The molecule has 8 heteroatoms. The lowest BCUT2D eigenvalue weighted by Crippen LogP contribution is -2.51. The minimum absolute atomic E-state index is 0.369. The van der Waals surface area contributed by atoms with Gasteiger partial charge in [-0.15, -0.1) is 10.2 Å². The van der Waals surface area contributed by atoms with Crippen molar-refractivity contribution in [1.29, 1.82) is 0 Å². The summed E-state index contributed by atoms with van der Waals surface area (Å²) in [6.07, 6.45) is 5.58. The Kier molecular flexibility index (Phi) is 8.42. The highest BCUT2D eigenvalue weighted by molar-refractivity contribution is 7.98. The molecule has 1 aromatic carbocycles. The highest BCUT2D eigenvalue weighted by Gasteiger charge is 2.21. The predicted octanol–water partition coefficient (Wildman–Crippen LogP) is 2.89. The van der Waals surface area contributed by atoms with Gasteiger partial charge in [-0.2, -0.15) is 11.8 Å². The fraction of sp³-hybridized carbons (Fsp3) is 0.591. The number of aryl methyl sites for hydroxylation is 2. The molecule has 30 heavy (non-hydrogen) atoms. The van der Waals surface area contributed by atoms with Crippen LogP contribution in [0.2, 0.25) is 0 Å². The van der Waals surface area contributed by atoms with E-state index < -0.39 is 0 Å². The SMILES string of the molecule is CSCCCNC(=NCc1nnc(C)n1C)NC1CCCN(c2ccc(C)cc2)C1. The topological polar surface area (TPSA) is 70.4 Å². The summed E-state index contributed by atoms with van der Waals surface area (Å²) in [7, 11) is 1.99. The Labute approximate surface area is 184 Å². The highest BCUT2D eigenvalue weighted by Crippen LogP contribution is 2.20. The molecule has 0 aliphatic carbocycles. The van der Waals surface area contributed by atoms with Gasteiger partial charge in [-0.1, -0.05) is 17.7 Å². The van der Waals surface area contributed by atoms with Crippen molar-refractivity contribution in [2.45, 2.75) is 45.7 Å². The molecule has 1 aromatic heterocycles. The molecule has 1 saturated heterocycles. The molecule has 3 rings (SSSR count). The number of nitrogens with zero attached hydrogens (tertiary/aromatic N) is 5. The van der Waals surface area contributed by atoms with Crippen LogP contribution in [-0.4, -0.2) is 58.4 Å². The second-order valence-corrected chi connectivity index (χ2v) is 8.91. The number of aliphatic imine (C=N–C) groups is 1. The summed E-state index contributed by atoms with van der Waals surface area (Å²) >= 11 is 1.87.